The number of carbonyl (C=O) groups excluding carboxylic acids is 1. The highest BCUT2D eigenvalue weighted by atomic mass is 16.3. The molecule has 4 nitrogen and oxygen atoms in total. The molecule has 0 saturated carbocycles. The van der Waals surface area contributed by atoms with Crippen LogP contribution in [0.15, 0.2) is 34.5 Å². The van der Waals surface area contributed by atoms with E-state index in [0.717, 1.165) is 11.1 Å². The third-order valence-corrected chi connectivity index (χ3v) is 3.11. The molecule has 2 aromatic rings. The SMILES string of the molecule is CC(C)=CCn1c(C(=O)NCC(C)C)cc2occc21. The summed E-state index contributed by atoms with van der Waals surface area (Å²) < 4.78 is 7.39. The fraction of sp³-hybridized carbons (Fsp3) is 0.438. The Balaban J connectivity index is 2.31. The molecule has 2 heterocycles. The van der Waals surface area contributed by atoms with Crippen LogP contribution < -0.4 is 5.32 Å². The van der Waals surface area contributed by atoms with E-state index in [1.165, 1.54) is 5.57 Å². The quantitative estimate of drug-likeness (QED) is 0.847. The fourth-order valence-electron chi connectivity index (χ4n) is 2.02. The standard InChI is InChI=1S/C16H22N2O2/c1-11(2)5-7-18-13-6-8-20-15(13)9-14(18)16(19)17-10-12(3)4/h5-6,8-9,12H,7,10H2,1-4H3,(H,17,19). The lowest BCUT2D eigenvalue weighted by atomic mass is 10.2. The third kappa shape index (κ3) is 3.13. The monoisotopic (exact) mass is 274 g/mol. The van der Waals surface area contributed by atoms with Gasteiger partial charge in [-0.3, -0.25) is 4.79 Å². The summed E-state index contributed by atoms with van der Waals surface area (Å²) in [5.41, 5.74) is 3.58. The molecule has 0 fully saturated rings. The summed E-state index contributed by atoms with van der Waals surface area (Å²) in [5.74, 6) is 0.385. The van der Waals surface area contributed by atoms with Crippen molar-refractivity contribution in [3.8, 4) is 0 Å². The summed E-state index contributed by atoms with van der Waals surface area (Å²) in [7, 11) is 0. The number of nitrogens with zero attached hydrogens (tertiary/aromatic N) is 1. The van der Waals surface area contributed by atoms with Crippen LogP contribution in [0.1, 0.15) is 38.2 Å². The number of furan rings is 1. The summed E-state index contributed by atoms with van der Waals surface area (Å²) in [6.45, 7) is 9.61. The van der Waals surface area contributed by atoms with E-state index >= 15 is 0 Å². The van der Waals surface area contributed by atoms with Crippen LogP contribution in [0.25, 0.3) is 11.1 Å². The van der Waals surface area contributed by atoms with Gasteiger partial charge in [0.2, 0.25) is 0 Å². The van der Waals surface area contributed by atoms with Crippen LogP contribution in [0.5, 0.6) is 0 Å². The summed E-state index contributed by atoms with van der Waals surface area (Å²) in [4.78, 5) is 12.3. The van der Waals surface area contributed by atoms with Gasteiger partial charge in [0.05, 0.1) is 11.8 Å². The van der Waals surface area contributed by atoms with Gasteiger partial charge >= 0.3 is 0 Å². The minimum absolute atomic E-state index is 0.0488. The van der Waals surface area contributed by atoms with Gasteiger partial charge in [0, 0.05) is 25.2 Å². The number of hydrogen-bond donors (Lipinski definition) is 1. The van der Waals surface area contributed by atoms with Crippen molar-refractivity contribution >= 4 is 17.0 Å². The normalized spacial score (nSPS) is 11.1. The van der Waals surface area contributed by atoms with E-state index in [0.29, 0.717) is 24.7 Å². The molecular formula is C16H22N2O2. The zero-order valence-electron chi connectivity index (χ0n) is 12.6. The molecule has 0 aliphatic rings. The van der Waals surface area contributed by atoms with Crippen molar-refractivity contribution < 1.29 is 9.21 Å². The highest BCUT2D eigenvalue weighted by molar-refractivity contribution is 5.97. The van der Waals surface area contributed by atoms with Crippen LogP contribution in [-0.2, 0) is 6.54 Å². The maximum absolute atomic E-state index is 12.3. The number of carbonyl (C=O) groups is 1. The van der Waals surface area contributed by atoms with Crippen LogP contribution in [0.2, 0.25) is 0 Å². The lowest BCUT2D eigenvalue weighted by molar-refractivity contribution is 0.0940. The van der Waals surface area contributed by atoms with Crippen molar-refractivity contribution in [2.45, 2.75) is 34.2 Å². The molecule has 0 spiro atoms. The Morgan fingerprint density at radius 2 is 2.20 bits per heavy atom. The first-order chi connectivity index (χ1) is 9.49. The van der Waals surface area contributed by atoms with E-state index in [2.05, 4.69) is 39.1 Å². The lowest BCUT2D eigenvalue weighted by Gasteiger charge is -2.10. The largest absolute Gasteiger partial charge is 0.463 e. The maximum atomic E-state index is 12.3. The van der Waals surface area contributed by atoms with Gasteiger partial charge in [-0.15, -0.1) is 0 Å². The lowest BCUT2D eigenvalue weighted by Crippen LogP contribution is -2.29. The molecule has 0 unspecified atom stereocenters. The number of fused-ring (bicyclic) bond motifs is 1. The Kier molecular flexibility index (Phi) is 4.32. The van der Waals surface area contributed by atoms with Crippen LogP contribution in [0.4, 0.5) is 0 Å². The molecule has 108 valence electrons. The van der Waals surface area contributed by atoms with E-state index in [-0.39, 0.29) is 5.91 Å². The Morgan fingerprint density at radius 3 is 2.85 bits per heavy atom. The molecule has 0 radical (unpaired) electrons. The Morgan fingerprint density at radius 1 is 1.45 bits per heavy atom. The van der Waals surface area contributed by atoms with Gasteiger partial charge in [0.15, 0.2) is 5.58 Å². The van der Waals surface area contributed by atoms with Gasteiger partial charge in [-0.1, -0.05) is 25.5 Å². The van der Waals surface area contributed by atoms with Gasteiger partial charge < -0.3 is 14.3 Å². The number of allylic oxidation sites excluding steroid dienone is 2. The third-order valence-electron chi connectivity index (χ3n) is 3.11. The summed E-state index contributed by atoms with van der Waals surface area (Å²) in [6, 6.07) is 3.71. The van der Waals surface area contributed by atoms with Crippen LogP contribution >= 0.6 is 0 Å². The Hall–Kier alpha value is -1.97. The van der Waals surface area contributed by atoms with Crippen molar-refractivity contribution in [2.75, 3.05) is 6.54 Å². The molecule has 0 aliphatic carbocycles. The van der Waals surface area contributed by atoms with Gasteiger partial charge in [0.1, 0.15) is 5.69 Å². The molecule has 2 rings (SSSR count). The van der Waals surface area contributed by atoms with E-state index in [4.69, 9.17) is 4.42 Å². The predicted molar refractivity (Wildman–Crippen MR) is 80.8 cm³/mol. The van der Waals surface area contributed by atoms with Crippen molar-refractivity contribution in [1.82, 2.24) is 9.88 Å². The van der Waals surface area contributed by atoms with E-state index in [9.17, 15) is 4.79 Å². The Bertz CT molecular complexity index is 628. The molecule has 1 amide bonds. The number of amides is 1. The minimum atomic E-state index is -0.0488. The fourth-order valence-corrected chi connectivity index (χ4v) is 2.02. The number of rotatable bonds is 5. The number of aromatic nitrogens is 1. The summed E-state index contributed by atoms with van der Waals surface area (Å²) in [5, 5.41) is 2.96. The molecule has 0 saturated heterocycles. The highest BCUT2D eigenvalue weighted by Crippen LogP contribution is 2.21. The van der Waals surface area contributed by atoms with Crippen LogP contribution in [0, 0.1) is 5.92 Å². The van der Waals surface area contributed by atoms with E-state index in [1.807, 2.05) is 16.7 Å². The van der Waals surface area contributed by atoms with Crippen molar-refractivity contribution in [2.24, 2.45) is 5.92 Å². The minimum Gasteiger partial charge on any atom is -0.463 e. The van der Waals surface area contributed by atoms with Crippen molar-refractivity contribution in [3.05, 3.63) is 35.7 Å². The summed E-state index contributed by atoms with van der Waals surface area (Å²) >= 11 is 0. The first-order valence-electron chi connectivity index (χ1n) is 6.97. The Labute approximate surface area is 119 Å². The number of nitrogens with one attached hydrogen (secondary N) is 1. The molecule has 0 aliphatic heterocycles. The zero-order valence-corrected chi connectivity index (χ0v) is 12.6. The first-order valence-corrected chi connectivity index (χ1v) is 6.97. The van der Waals surface area contributed by atoms with Crippen LogP contribution in [-0.4, -0.2) is 17.0 Å². The van der Waals surface area contributed by atoms with E-state index < -0.39 is 0 Å². The van der Waals surface area contributed by atoms with Crippen molar-refractivity contribution in [1.29, 1.82) is 0 Å². The van der Waals surface area contributed by atoms with Gasteiger partial charge in [-0.05, 0) is 19.8 Å². The molecule has 0 aromatic carbocycles. The molecule has 1 N–H and O–H groups in total. The molecule has 0 bridgehead atoms. The van der Waals surface area contributed by atoms with Gasteiger partial charge in [-0.25, -0.2) is 0 Å². The van der Waals surface area contributed by atoms with Crippen LogP contribution in [0.3, 0.4) is 0 Å². The smallest absolute Gasteiger partial charge is 0.268 e. The average Bonchev–Trinajstić information content (AvgIpc) is 2.93. The molecule has 20 heavy (non-hydrogen) atoms. The number of hydrogen-bond acceptors (Lipinski definition) is 2. The molecule has 2 aromatic heterocycles. The summed E-state index contributed by atoms with van der Waals surface area (Å²) in [6.07, 6.45) is 3.76. The van der Waals surface area contributed by atoms with E-state index in [1.54, 1.807) is 6.26 Å². The average molecular weight is 274 g/mol. The second-order valence-corrected chi connectivity index (χ2v) is 5.70. The molecule has 4 heteroatoms. The maximum Gasteiger partial charge on any atom is 0.268 e. The van der Waals surface area contributed by atoms with Crippen molar-refractivity contribution in [3.63, 3.8) is 0 Å². The highest BCUT2D eigenvalue weighted by Gasteiger charge is 2.16. The van der Waals surface area contributed by atoms with Gasteiger partial charge in [-0.2, -0.15) is 0 Å². The predicted octanol–water partition coefficient (Wildman–Crippen LogP) is 3.59. The molecule has 0 atom stereocenters. The molecular weight excluding hydrogens is 252 g/mol. The topological polar surface area (TPSA) is 47.2 Å². The zero-order chi connectivity index (χ0) is 14.7. The first kappa shape index (κ1) is 14.4. The second-order valence-electron chi connectivity index (χ2n) is 5.70. The van der Waals surface area contributed by atoms with Gasteiger partial charge in [0.25, 0.3) is 5.91 Å². The second kappa shape index (κ2) is 5.99.